The van der Waals surface area contributed by atoms with Crippen LogP contribution in [0.25, 0.3) is 0 Å². The Bertz CT molecular complexity index is 492. The van der Waals surface area contributed by atoms with Crippen molar-refractivity contribution in [1.29, 1.82) is 0 Å². The van der Waals surface area contributed by atoms with Gasteiger partial charge in [-0.2, -0.15) is 8.78 Å². The van der Waals surface area contributed by atoms with Gasteiger partial charge < -0.3 is 14.0 Å². The van der Waals surface area contributed by atoms with Crippen LogP contribution in [0.15, 0.2) is 18.2 Å². The molecular weight excluding hydrogens is 288 g/mol. The molecule has 110 valence electrons. The summed E-state index contributed by atoms with van der Waals surface area (Å²) in [5.74, 6) is -0.0361. The summed E-state index contributed by atoms with van der Waals surface area (Å²) in [6.45, 7) is 4.61. The lowest BCUT2D eigenvalue weighted by Crippen LogP contribution is -2.41. The van der Waals surface area contributed by atoms with Crippen molar-refractivity contribution in [3.05, 3.63) is 23.2 Å². The minimum Gasteiger partial charge on any atom is -0.435 e. The molecule has 1 aromatic rings. The van der Waals surface area contributed by atoms with Crippen LogP contribution in [0.5, 0.6) is 5.75 Å². The first-order chi connectivity index (χ1) is 9.12. The molecule has 20 heavy (non-hydrogen) atoms. The van der Waals surface area contributed by atoms with Crippen LogP contribution < -0.4 is 10.2 Å². The van der Waals surface area contributed by atoms with E-state index in [2.05, 4.69) is 4.74 Å². The van der Waals surface area contributed by atoms with Crippen molar-refractivity contribution in [2.75, 3.05) is 0 Å². The van der Waals surface area contributed by atoms with E-state index in [0.717, 1.165) is 0 Å². The number of hydrogen-bond donors (Lipinski definition) is 0. The van der Waals surface area contributed by atoms with E-state index in [1.807, 2.05) is 27.7 Å². The van der Waals surface area contributed by atoms with Crippen molar-refractivity contribution in [3.63, 3.8) is 0 Å². The van der Waals surface area contributed by atoms with E-state index in [9.17, 15) is 8.78 Å². The maximum Gasteiger partial charge on any atom is 0.498 e. The van der Waals surface area contributed by atoms with Gasteiger partial charge in [0.25, 0.3) is 0 Å². The molecule has 0 radical (unpaired) electrons. The molecule has 2 rings (SSSR count). The first-order valence-electron chi connectivity index (χ1n) is 6.22. The number of hydrogen-bond acceptors (Lipinski definition) is 3. The number of ether oxygens (including phenoxy) is 1. The van der Waals surface area contributed by atoms with Crippen LogP contribution >= 0.6 is 11.6 Å². The fraction of sp³-hybridized carbons (Fsp3) is 0.538. The lowest BCUT2D eigenvalue weighted by molar-refractivity contribution is -0.0492. The number of halogens is 3. The maximum absolute atomic E-state index is 12.5. The second-order valence-electron chi connectivity index (χ2n) is 5.65. The zero-order chi connectivity index (χ0) is 15.1. The zero-order valence-electron chi connectivity index (χ0n) is 11.7. The molecule has 0 atom stereocenters. The van der Waals surface area contributed by atoms with Crippen molar-refractivity contribution in [2.24, 2.45) is 0 Å². The van der Waals surface area contributed by atoms with Crippen LogP contribution in [0, 0.1) is 0 Å². The Labute approximate surface area is 122 Å². The minimum absolute atomic E-state index is 0.0361. The standard InChI is InChI=1S/C13H16BClF2O3/c1-12(2)13(3,4)20-14(19-12)9-6-5-8(15)7-10(9)18-11(16)17/h5-7,11H,1-4H3. The molecule has 0 aliphatic carbocycles. The van der Waals surface area contributed by atoms with Crippen molar-refractivity contribution in [2.45, 2.75) is 45.5 Å². The van der Waals surface area contributed by atoms with Gasteiger partial charge in [0.05, 0.1) is 11.2 Å². The number of rotatable bonds is 3. The predicted octanol–water partition coefficient (Wildman–Crippen LogP) is 3.24. The van der Waals surface area contributed by atoms with Gasteiger partial charge in [-0.3, -0.25) is 0 Å². The third-order valence-corrected chi connectivity index (χ3v) is 3.93. The second-order valence-corrected chi connectivity index (χ2v) is 6.09. The van der Waals surface area contributed by atoms with Crippen LogP contribution in [0.2, 0.25) is 5.02 Å². The van der Waals surface area contributed by atoms with Gasteiger partial charge in [-0.1, -0.05) is 17.7 Å². The highest BCUT2D eigenvalue weighted by Crippen LogP contribution is 2.37. The Morgan fingerprint density at radius 3 is 2.20 bits per heavy atom. The van der Waals surface area contributed by atoms with Crippen molar-refractivity contribution >= 4 is 24.2 Å². The molecule has 0 amide bonds. The lowest BCUT2D eigenvalue weighted by Gasteiger charge is -2.32. The quantitative estimate of drug-likeness (QED) is 0.802. The monoisotopic (exact) mass is 304 g/mol. The van der Waals surface area contributed by atoms with E-state index in [4.69, 9.17) is 20.9 Å². The van der Waals surface area contributed by atoms with Crippen LogP contribution in [-0.4, -0.2) is 24.9 Å². The zero-order valence-corrected chi connectivity index (χ0v) is 12.5. The molecule has 1 heterocycles. The summed E-state index contributed by atoms with van der Waals surface area (Å²) in [5, 5.41) is 0.306. The average Bonchev–Trinajstić information content (AvgIpc) is 2.46. The van der Waals surface area contributed by atoms with E-state index < -0.39 is 24.9 Å². The fourth-order valence-corrected chi connectivity index (χ4v) is 2.03. The van der Waals surface area contributed by atoms with Gasteiger partial charge in [-0.25, -0.2) is 0 Å². The predicted molar refractivity (Wildman–Crippen MR) is 73.8 cm³/mol. The van der Waals surface area contributed by atoms with Crippen molar-refractivity contribution in [3.8, 4) is 5.75 Å². The van der Waals surface area contributed by atoms with Crippen molar-refractivity contribution in [1.82, 2.24) is 0 Å². The number of benzene rings is 1. The molecule has 1 aliphatic rings. The SMILES string of the molecule is CC1(C)OB(c2ccc(Cl)cc2OC(F)F)OC1(C)C. The third-order valence-electron chi connectivity index (χ3n) is 3.70. The molecule has 0 saturated carbocycles. The molecule has 7 heteroatoms. The molecule has 1 aromatic carbocycles. The molecule has 0 unspecified atom stereocenters. The Morgan fingerprint density at radius 1 is 1.15 bits per heavy atom. The smallest absolute Gasteiger partial charge is 0.435 e. The van der Waals surface area contributed by atoms with Gasteiger partial charge in [0.2, 0.25) is 0 Å². The van der Waals surface area contributed by atoms with Gasteiger partial charge in [0.15, 0.2) is 0 Å². The Balaban J connectivity index is 2.34. The molecule has 1 saturated heterocycles. The molecule has 0 bridgehead atoms. The molecule has 0 N–H and O–H groups in total. The molecular formula is C13H16BClF2O3. The topological polar surface area (TPSA) is 27.7 Å². The lowest BCUT2D eigenvalue weighted by atomic mass is 9.78. The highest BCUT2D eigenvalue weighted by molar-refractivity contribution is 6.63. The number of alkyl halides is 2. The van der Waals surface area contributed by atoms with E-state index >= 15 is 0 Å². The van der Waals surface area contributed by atoms with E-state index in [0.29, 0.717) is 10.5 Å². The highest BCUT2D eigenvalue weighted by atomic mass is 35.5. The van der Waals surface area contributed by atoms with E-state index in [-0.39, 0.29) is 5.75 Å². The summed E-state index contributed by atoms with van der Waals surface area (Å²) in [6, 6.07) is 4.48. The van der Waals surface area contributed by atoms with Crippen LogP contribution in [0.4, 0.5) is 8.78 Å². The molecule has 0 spiro atoms. The highest BCUT2D eigenvalue weighted by Gasteiger charge is 2.52. The first-order valence-corrected chi connectivity index (χ1v) is 6.60. The summed E-state index contributed by atoms with van der Waals surface area (Å²) < 4.78 is 41.1. The Morgan fingerprint density at radius 2 is 1.70 bits per heavy atom. The third kappa shape index (κ3) is 2.92. The van der Waals surface area contributed by atoms with E-state index in [1.165, 1.54) is 6.07 Å². The first kappa shape index (κ1) is 15.5. The summed E-state index contributed by atoms with van der Waals surface area (Å²) in [5.41, 5.74) is -0.716. The van der Waals surface area contributed by atoms with Gasteiger partial charge in [-0.05, 0) is 39.8 Å². The van der Waals surface area contributed by atoms with Gasteiger partial charge in [-0.15, -0.1) is 0 Å². The van der Waals surface area contributed by atoms with Gasteiger partial charge in [0, 0.05) is 10.5 Å². The fourth-order valence-electron chi connectivity index (χ4n) is 1.87. The molecule has 0 aromatic heterocycles. The molecule has 1 aliphatic heterocycles. The van der Waals surface area contributed by atoms with Crippen molar-refractivity contribution < 1.29 is 22.8 Å². The Kier molecular flexibility index (Phi) is 4.02. The summed E-state index contributed by atoms with van der Waals surface area (Å²) in [4.78, 5) is 0. The maximum atomic E-state index is 12.5. The summed E-state index contributed by atoms with van der Waals surface area (Å²) in [6.07, 6.45) is 0. The summed E-state index contributed by atoms with van der Waals surface area (Å²) >= 11 is 5.81. The van der Waals surface area contributed by atoms with E-state index in [1.54, 1.807) is 12.1 Å². The Hall–Kier alpha value is -0.845. The largest absolute Gasteiger partial charge is 0.498 e. The molecule has 3 nitrogen and oxygen atoms in total. The van der Waals surface area contributed by atoms with Crippen LogP contribution in [0.3, 0.4) is 0 Å². The normalized spacial score (nSPS) is 20.5. The van der Waals surface area contributed by atoms with Crippen LogP contribution in [0.1, 0.15) is 27.7 Å². The minimum atomic E-state index is -2.94. The van der Waals surface area contributed by atoms with Gasteiger partial charge >= 0.3 is 13.7 Å². The average molecular weight is 305 g/mol. The molecule has 1 fully saturated rings. The summed E-state index contributed by atoms with van der Waals surface area (Å²) in [7, 11) is -0.772. The van der Waals surface area contributed by atoms with Crippen LogP contribution in [-0.2, 0) is 9.31 Å². The van der Waals surface area contributed by atoms with Gasteiger partial charge in [0.1, 0.15) is 5.75 Å². The second kappa shape index (κ2) is 5.17.